The largest absolute Gasteiger partial charge is 0.495 e. The number of aromatic nitrogens is 3. The van der Waals surface area contributed by atoms with Gasteiger partial charge >= 0.3 is 0 Å². The molecule has 154 valence electrons. The second kappa shape index (κ2) is 6.62. The second-order valence-electron chi connectivity index (χ2n) is 8.95. The Morgan fingerprint density at radius 1 is 1.17 bits per heavy atom. The summed E-state index contributed by atoms with van der Waals surface area (Å²) in [6, 6.07) is 3.40. The van der Waals surface area contributed by atoms with Crippen molar-refractivity contribution in [3.05, 3.63) is 29.8 Å². The molecule has 1 amide bonds. The Morgan fingerprint density at radius 2 is 1.90 bits per heavy atom. The average molecular weight is 417 g/mol. The maximum atomic E-state index is 13.6. The van der Waals surface area contributed by atoms with Gasteiger partial charge < -0.3 is 14.8 Å². The molecule has 2 unspecified atom stereocenters. The van der Waals surface area contributed by atoms with Gasteiger partial charge in [-0.3, -0.25) is 4.79 Å². The molecule has 8 heteroatoms. The fourth-order valence-corrected chi connectivity index (χ4v) is 6.64. The van der Waals surface area contributed by atoms with Crippen molar-refractivity contribution < 1.29 is 14.3 Å². The SMILES string of the molecule is COc1cc(NC(=O)C23C[C@H]4C[C@@H](C2)CC(n2cncn2)(C4)C3)c(OC)cc1Cl. The molecule has 6 rings (SSSR count). The molecule has 4 aliphatic rings. The van der Waals surface area contributed by atoms with Crippen molar-refractivity contribution in [3.63, 3.8) is 0 Å². The van der Waals surface area contributed by atoms with E-state index in [0.29, 0.717) is 34.0 Å². The Balaban J connectivity index is 1.47. The molecule has 1 aromatic carbocycles. The molecule has 1 N–H and O–H groups in total. The topological polar surface area (TPSA) is 78.3 Å². The molecule has 7 nitrogen and oxygen atoms in total. The first-order valence-electron chi connectivity index (χ1n) is 10.0. The molecule has 0 saturated heterocycles. The molecule has 4 fully saturated rings. The van der Waals surface area contributed by atoms with Crippen LogP contribution in [0.2, 0.25) is 5.02 Å². The maximum absolute atomic E-state index is 13.6. The highest BCUT2D eigenvalue weighted by Crippen LogP contribution is 2.64. The summed E-state index contributed by atoms with van der Waals surface area (Å²) in [6.07, 6.45) is 9.44. The third-order valence-electron chi connectivity index (χ3n) is 7.14. The van der Waals surface area contributed by atoms with Crippen LogP contribution in [-0.4, -0.2) is 34.9 Å². The van der Waals surface area contributed by atoms with Gasteiger partial charge in [-0.2, -0.15) is 5.10 Å². The molecule has 2 aromatic rings. The zero-order valence-electron chi connectivity index (χ0n) is 16.7. The van der Waals surface area contributed by atoms with Crippen LogP contribution in [0.5, 0.6) is 11.5 Å². The molecule has 1 aromatic heterocycles. The van der Waals surface area contributed by atoms with E-state index >= 15 is 0 Å². The van der Waals surface area contributed by atoms with Crippen LogP contribution in [0, 0.1) is 17.3 Å². The third kappa shape index (κ3) is 2.89. The third-order valence-corrected chi connectivity index (χ3v) is 7.43. The number of nitrogens with one attached hydrogen (secondary N) is 1. The summed E-state index contributed by atoms with van der Waals surface area (Å²) in [4.78, 5) is 17.8. The van der Waals surface area contributed by atoms with Crippen LogP contribution in [0.1, 0.15) is 38.5 Å². The lowest BCUT2D eigenvalue weighted by atomic mass is 9.46. The number of nitrogens with zero attached hydrogens (tertiary/aromatic N) is 3. The van der Waals surface area contributed by atoms with Crippen molar-refractivity contribution in [1.29, 1.82) is 0 Å². The summed E-state index contributed by atoms with van der Waals surface area (Å²) < 4.78 is 12.8. The van der Waals surface area contributed by atoms with Crippen molar-refractivity contribution in [3.8, 4) is 11.5 Å². The van der Waals surface area contributed by atoms with Gasteiger partial charge in [-0.1, -0.05) is 11.6 Å². The molecule has 4 atom stereocenters. The van der Waals surface area contributed by atoms with Crippen molar-refractivity contribution in [2.75, 3.05) is 19.5 Å². The normalized spacial score (nSPS) is 32.2. The second-order valence-corrected chi connectivity index (χ2v) is 9.35. The van der Waals surface area contributed by atoms with Gasteiger partial charge in [-0.05, 0) is 50.4 Å². The summed E-state index contributed by atoms with van der Waals surface area (Å²) in [6.45, 7) is 0. The molecular weight excluding hydrogens is 392 g/mol. The van der Waals surface area contributed by atoms with Crippen molar-refractivity contribution in [2.24, 2.45) is 17.3 Å². The minimum absolute atomic E-state index is 0.0544. The van der Waals surface area contributed by atoms with E-state index in [1.54, 1.807) is 32.7 Å². The van der Waals surface area contributed by atoms with Gasteiger partial charge in [0.1, 0.15) is 24.2 Å². The number of anilines is 1. The summed E-state index contributed by atoms with van der Waals surface area (Å²) in [5.41, 5.74) is 0.0949. The van der Waals surface area contributed by atoms with Gasteiger partial charge in [0.25, 0.3) is 0 Å². The highest BCUT2D eigenvalue weighted by Gasteiger charge is 2.61. The zero-order chi connectivity index (χ0) is 20.2. The van der Waals surface area contributed by atoms with E-state index in [-0.39, 0.29) is 11.4 Å². The van der Waals surface area contributed by atoms with Gasteiger partial charge in [0.15, 0.2) is 0 Å². The Kier molecular flexibility index (Phi) is 4.28. The van der Waals surface area contributed by atoms with Crippen LogP contribution in [-0.2, 0) is 10.3 Å². The molecule has 4 bridgehead atoms. The number of carbonyl (C=O) groups is 1. The molecule has 1 heterocycles. The molecule has 0 aliphatic heterocycles. The van der Waals surface area contributed by atoms with Crippen molar-refractivity contribution in [1.82, 2.24) is 14.8 Å². The van der Waals surface area contributed by atoms with E-state index in [1.807, 2.05) is 11.0 Å². The van der Waals surface area contributed by atoms with Crippen LogP contribution >= 0.6 is 11.6 Å². The summed E-state index contributed by atoms with van der Waals surface area (Å²) in [5.74, 6) is 2.19. The van der Waals surface area contributed by atoms with Gasteiger partial charge in [0, 0.05) is 12.1 Å². The van der Waals surface area contributed by atoms with Crippen LogP contribution < -0.4 is 14.8 Å². The van der Waals surface area contributed by atoms with E-state index < -0.39 is 5.41 Å². The number of hydrogen-bond acceptors (Lipinski definition) is 5. The van der Waals surface area contributed by atoms with Gasteiger partial charge in [0.2, 0.25) is 5.91 Å². The van der Waals surface area contributed by atoms with Crippen molar-refractivity contribution in [2.45, 2.75) is 44.1 Å². The monoisotopic (exact) mass is 416 g/mol. The summed E-state index contributed by atoms with van der Waals surface area (Å²) in [7, 11) is 3.12. The number of benzene rings is 1. The Labute approximate surface area is 174 Å². The number of rotatable bonds is 5. The zero-order valence-corrected chi connectivity index (χ0v) is 17.4. The lowest BCUT2D eigenvalue weighted by molar-refractivity contribution is -0.150. The molecule has 4 aliphatic carbocycles. The fraction of sp³-hybridized carbons (Fsp3) is 0.571. The lowest BCUT2D eigenvalue weighted by Gasteiger charge is -2.60. The fourth-order valence-electron chi connectivity index (χ4n) is 6.41. The molecule has 0 spiro atoms. The van der Waals surface area contributed by atoms with Crippen LogP contribution in [0.3, 0.4) is 0 Å². The van der Waals surface area contributed by atoms with Crippen molar-refractivity contribution >= 4 is 23.2 Å². The van der Waals surface area contributed by atoms with E-state index in [4.69, 9.17) is 21.1 Å². The van der Waals surface area contributed by atoms with Crippen LogP contribution in [0.4, 0.5) is 5.69 Å². The minimum atomic E-state index is -0.395. The molecule has 0 radical (unpaired) electrons. The number of hydrogen-bond donors (Lipinski definition) is 1. The standard InChI is InChI=1S/C21H25ClN4O3/c1-28-17-5-16(18(29-2)4-15(17)22)25-19(27)20-6-13-3-14(7-20)9-21(8-13,10-20)26-12-23-11-24-26/h4-5,11-14H,3,6-10H2,1-2H3,(H,25,27)/t13-,14+,20?,21?. The minimum Gasteiger partial charge on any atom is -0.495 e. The van der Waals surface area contributed by atoms with E-state index in [9.17, 15) is 4.79 Å². The predicted molar refractivity (Wildman–Crippen MR) is 108 cm³/mol. The summed E-state index contributed by atoms with van der Waals surface area (Å²) >= 11 is 6.22. The van der Waals surface area contributed by atoms with E-state index in [2.05, 4.69) is 15.4 Å². The number of amides is 1. The first-order valence-corrected chi connectivity index (χ1v) is 10.4. The van der Waals surface area contributed by atoms with E-state index in [1.165, 1.54) is 6.42 Å². The molecular formula is C21H25ClN4O3. The predicted octanol–water partition coefficient (Wildman–Crippen LogP) is 3.88. The van der Waals surface area contributed by atoms with Gasteiger partial charge in [-0.25, -0.2) is 9.67 Å². The first kappa shape index (κ1) is 18.7. The lowest BCUT2D eigenvalue weighted by Crippen LogP contribution is -2.60. The number of halogens is 1. The molecule has 4 saturated carbocycles. The smallest absolute Gasteiger partial charge is 0.230 e. The van der Waals surface area contributed by atoms with E-state index in [0.717, 1.165) is 32.1 Å². The maximum Gasteiger partial charge on any atom is 0.230 e. The number of carbonyl (C=O) groups excluding carboxylic acids is 1. The Bertz CT molecular complexity index is 932. The van der Waals surface area contributed by atoms with Gasteiger partial charge in [0.05, 0.1) is 35.9 Å². The highest BCUT2D eigenvalue weighted by atomic mass is 35.5. The Hall–Kier alpha value is -2.28. The van der Waals surface area contributed by atoms with Gasteiger partial charge in [-0.15, -0.1) is 0 Å². The number of methoxy groups -OCH3 is 2. The summed E-state index contributed by atoms with van der Waals surface area (Å²) in [5, 5.41) is 8.04. The first-order chi connectivity index (χ1) is 14.0. The number of ether oxygens (including phenoxy) is 2. The highest BCUT2D eigenvalue weighted by molar-refractivity contribution is 6.32. The van der Waals surface area contributed by atoms with Crippen LogP contribution in [0.15, 0.2) is 24.8 Å². The Morgan fingerprint density at radius 3 is 2.52 bits per heavy atom. The van der Waals surface area contributed by atoms with Crippen LogP contribution in [0.25, 0.3) is 0 Å². The average Bonchev–Trinajstić information content (AvgIpc) is 3.23. The quantitative estimate of drug-likeness (QED) is 0.800. The molecule has 29 heavy (non-hydrogen) atoms.